The molecule has 1 aliphatic heterocycles. The number of carbonyl (C=O) groups excluding carboxylic acids is 1. The topological polar surface area (TPSA) is 101 Å². The summed E-state index contributed by atoms with van der Waals surface area (Å²) >= 11 is 0. The van der Waals surface area contributed by atoms with Crippen molar-refractivity contribution in [3.8, 4) is 17.3 Å². The predicted octanol–water partition coefficient (Wildman–Crippen LogP) is 5.55. The third-order valence-electron chi connectivity index (χ3n) is 8.28. The molecule has 9 heteroatoms. The van der Waals surface area contributed by atoms with Crippen molar-refractivity contribution in [2.45, 2.75) is 77.0 Å². The van der Waals surface area contributed by atoms with Gasteiger partial charge in [-0.1, -0.05) is 24.3 Å². The first kappa shape index (κ1) is 25.5. The Balaban J connectivity index is 1.17. The Labute approximate surface area is 229 Å². The Kier molecular flexibility index (Phi) is 6.17. The van der Waals surface area contributed by atoms with E-state index in [2.05, 4.69) is 40.8 Å². The number of amides is 1. The molecule has 0 atom stereocenters. The number of rotatable bonds is 6. The molecule has 2 aromatic heterocycles. The van der Waals surface area contributed by atoms with Gasteiger partial charge in [0.2, 0.25) is 0 Å². The third kappa shape index (κ3) is 5.00. The molecule has 6 rings (SSSR count). The number of aromatic nitrogens is 4. The van der Waals surface area contributed by atoms with E-state index in [9.17, 15) is 10.1 Å². The van der Waals surface area contributed by atoms with Gasteiger partial charge in [0.15, 0.2) is 0 Å². The van der Waals surface area contributed by atoms with Crippen LogP contribution in [0.1, 0.15) is 81.5 Å². The molecule has 0 bridgehead atoms. The molecule has 1 saturated heterocycles. The molecule has 204 valence electrons. The molecular formula is C30H37N7O2. The zero-order valence-electron chi connectivity index (χ0n) is 23.3. The highest BCUT2D eigenvalue weighted by atomic mass is 16.6. The second-order valence-corrected chi connectivity index (χ2v) is 12.5. The molecule has 0 unspecified atom stereocenters. The second-order valence-electron chi connectivity index (χ2n) is 12.5. The van der Waals surface area contributed by atoms with Gasteiger partial charge in [0, 0.05) is 31.9 Å². The smallest absolute Gasteiger partial charge is 0.410 e. The van der Waals surface area contributed by atoms with Crippen LogP contribution in [0.2, 0.25) is 0 Å². The van der Waals surface area contributed by atoms with Gasteiger partial charge >= 0.3 is 6.09 Å². The molecule has 3 heterocycles. The number of hydrogen-bond acceptors (Lipinski definition) is 6. The van der Waals surface area contributed by atoms with Crippen LogP contribution in [0.4, 0.5) is 10.6 Å². The Hall–Kier alpha value is -3.80. The maximum absolute atomic E-state index is 12.6. The van der Waals surface area contributed by atoms with Gasteiger partial charge in [-0.05, 0) is 75.3 Å². The molecule has 2 aliphatic carbocycles. The van der Waals surface area contributed by atoms with Crippen LogP contribution in [-0.4, -0.2) is 56.3 Å². The van der Waals surface area contributed by atoms with E-state index >= 15 is 0 Å². The highest BCUT2D eigenvalue weighted by Crippen LogP contribution is 2.55. The number of ether oxygens (including phenoxy) is 1. The SMILES string of the molecule is CNc1c(C#N)c(-c2cnn(Cc3cccc(C4CC4)c3)c2)nn1[C@H]1C[C@@]2(CCN(C(=O)OC(C)(C)C)C2)C1. The van der Waals surface area contributed by atoms with Gasteiger partial charge in [0.05, 0.1) is 18.8 Å². The first-order chi connectivity index (χ1) is 18.7. The van der Waals surface area contributed by atoms with Gasteiger partial charge in [-0.2, -0.15) is 15.5 Å². The van der Waals surface area contributed by atoms with E-state index in [4.69, 9.17) is 9.84 Å². The van der Waals surface area contributed by atoms with E-state index in [0.29, 0.717) is 24.3 Å². The second kappa shape index (κ2) is 9.44. The number of nitrogens with zero attached hydrogens (tertiary/aromatic N) is 6. The van der Waals surface area contributed by atoms with Crippen LogP contribution >= 0.6 is 0 Å². The van der Waals surface area contributed by atoms with Gasteiger partial charge < -0.3 is 15.0 Å². The number of anilines is 1. The summed E-state index contributed by atoms with van der Waals surface area (Å²) in [5.41, 5.74) is 4.27. The number of nitriles is 1. The van der Waals surface area contributed by atoms with Crippen LogP contribution < -0.4 is 5.32 Å². The van der Waals surface area contributed by atoms with Crippen LogP contribution in [0.25, 0.3) is 11.3 Å². The summed E-state index contributed by atoms with van der Waals surface area (Å²) in [6.45, 7) is 7.80. The van der Waals surface area contributed by atoms with Crippen LogP contribution in [0.5, 0.6) is 0 Å². The zero-order chi connectivity index (χ0) is 27.4. The van der Waals surface area contributed by atoms with Crippen molar-refractivity contribution >= 4 is 11.9 Å². The summed E-state index contributed by atoms with van der Waals surface area (Å²) in [5, 5.41) is 22.8. The lowest BCUT2D eigenvalue weighted by molar-refractivity contribution is 0.0188. The zero-order valence-corrected chi connectivity index (χ0v) is 23.3. The van der Waals surface area contributed by atoms with E-state index in [0.717, 1.165) is 43.1 Å². The fourth-order valence-corrected chi connectivity index (χ4v) is 6.23. The minimum atomic E-state index is -0.496. The third-order valence-corrected chi connectivity index (χ3v) is 8.28. The Morgan fingerprint density at radius 3 is 2.77 bits per heavy atom. The minimum Gasteiger partial charge on any atom is -0.444 e. The summed E-state index contributed by atoms with van der Waals surface area (Å²) in [4.78, 5) is 14.4. The summed E-state index contributed by atoms with van der Waals surface area (Å²) < 4.78 is 9.49. The number of nitrogens with one attached hydrogen (secondary N) is 1. The molecule has 3 aromatic rings. The fourth-order valence-electron chi connectivity index (χ4n) is 6.23. The lowest BCUT2D eigenvalue weighted by Gasteiger charge is -2.45. The molecule has 1 N–H and O–H groups in total. The summed E-state index contributed by atoms with van der Waals surface area (Å²) in [7, 11) is 1.84. The average molecular weight is 528 g/mol. The fraction of sp³-hybridized carbons (Fsp3) is 0.533. The highest BCUT2D eigenvalue weighted by Gasteiger charge is 2.51. The van der Waals surface area contributed by atoms with Crippen LogP contribution in [-0.2, 0) is 11.3 Å². The number of likely N-dealkylation sites (tertiary alicyclic amines) is 1. The van der Waals surface area contributed by atoms with Gasteiger partial charge in [0.1, 0.15) is 28.7 Å². The number of carbonyl (C=O) groups is 1. The minimum absolute atomic E-state index is 0.0887. The molecule has 2 saturated carbocycles. The Morgan fingerprint density at radius 1 is 1.28 bits per heavy atom. The summed E-state index contributed by atoms with van der Waals surface area (Å²) in [5.74, 6) is 1.45. The van der Waals surface area contributed by atoms with Crippen molar-refractivity contribution in [2.75, 3.05) is 25.5 Å². The van der Waals surface area contributed by atoms with Crippen molar-refractivity contribution in [2.24, 2.45) is 5.41 Å². The largest absolute Gasteiger partial charge is 0.444 e. The lowest BCUT2D eigenvalue weighted by Crippen LogP contribution is -2.43. The normalized spacial score (nSPS) is 22.5. The van der Waals surface area contributed by atoms with E-state index in [1.165, 1.54) is 24.0 Å². The van der Waals surface area contributed by atoms with Crippen molar-refractivity contribution < 1.29 is 9.53 Å². The van der Waals surface area contributed by atoms with Crippen molar-refractivity contribution in [1.82, 2.24) is 24.5 Å². The standard InChI is InChI=1S/C30H37N7O2/c1-29(2,3)39-28(38)35-11-10-30(19-35)13-24(14-30)37-27(32-4)25(15-31)26(34-37)23-16-33-36(18-23)17-20-6-5-7-22(12-20)21-8-9-21/h5-7,12,16,18,21,24,32H,8-11,13-14,17,19H2,1-4H3/t24-,30-. The first-order valence-electron chi connectivity index (χ1n) is 14.0. The lowest BCUT2D eigenvalue weighted by atomic mass is 9.65. The summed E-state index contributed by atoms with van der Waals surface area (Å²) in [6, 6.07) is 11.3. The van der Waals surface area contributed by atoms with Crippen molar-refractivity contribution in [1.29, 1.82) is 5.26 Å². The average Bonchev–Trinajstić information content (AvgIpc) is 3.29. The van der Waals surface area contributed by atoms with Crippen molar-refractivity contribution in [3.63, 3.8) is 0 Å². The number of hydrogen-bond donors (Lipinski definition) is 1. The monoisotopic (exact) mass is 527 g/mol. The van der Waals surface area contributed by atoms with E-state index < -0.39 is 5.60 Å². The molecular weight excluding hydrogens is 490 g/mol. The van der Waals surface area contributed by atoms with Gasteiger partial charge in [0.25, 0.3) is 0 Å². The van der Waals surface area contributed by atoms with E-state index in [-0.39, 0.29) is 17.6 Å². The molecule has 9 nitrogen and oxygen atoms in total. The summed E-state index contributed by atoms with van der Waals surface area (Å²) in [6.07, 6.45) is 8.92. The van der Waals surface area contributed by atoms with Crippen LogP contribution in [0.3, 0.4) is 0 Å². The maximum Gasteiger partial charge on any atom is 0.410 e. The molecule has 1 aromatic carbocycles. The molecule has 1 amide bonds. The van der Waals surface area contributed by atoms with Gasteiger partial charge in [-0.3, -0.25) is 4.68 Å². The Bertz CT molecular complexity index is 1430. The quantitative estimate of drug-likeness (QED) is 0.451. The van der Waals surface area contributed by atoms with E-state index in [1.54, 1.807) is 6.20 Å². The molecule has 1 spiro atoms. The molecule has 3 aliphatic rings. The van der Waals surface area contributed by atoms with Crippen LogP contribution in [0, 0.1) is 16.7 Å². The van der Waals surface area contributed by atoms with Crippen LogP contribution in [0.15, 0.2) is 36.7 Å². The van der Waals surface area contributed by atoms with Gasteiger partial charge in [-0.15, -0.1) is 0 Å². The molecule has 39 heavy (non-hydrogen) atoms. The van der Waals surface area contributed by atoms with Gasteiger partial charge in [-0.25, -0.2) is 9.48 Å². The molecule has 3 fully saturated rings. The Morgan fingerprint density at radius 2 is 2.08 bits per heavy atom. The first-order valence-corrected chi connectivity index (χ1v) is 14.0. The maximum atomic E-state index is 12.6. The highest BCUT2D eigenvalue weighted by molar-refractivity contribution is 5.73. The number of benzene rings is 1. The predicted molar refractivity (Wildman–Crippen MR) is 148 cm³/mol. The van der Waals surface area contributed by atoms with E-state index in [1.807, 2.05) is 48.3 Å². The van der Waals surface area contributed by atoms with Crippen molar-refractivity contribution in [3.05, 3.63) is 53.3 Å². The molecule has 0 radical (unpaired) electrons.